The molecule has 0 heteroatoms. The number of unbranched alkanes of at least 4 members (excludes halogenated alkanes) is 19. The van der Waals surface area contributed by atoms with Crippen LogP contribution < -0.4 is 0 Å². The molecule has 1 atom stereocenters. The number of rotatable bonds is 25. The van der Waals surface area contributed by atoms with Gasteiger partial charge in [-0.25, -0.2) is 0 Å². The maximum atomic E-state index is 2.48. The molecule has 0 saturated carbocycles. The van der Waals surface area contributed by atoms with Gasteiger partial charge in [0.15, 0.2) is 0 Å². The average Bonchev–Trinajstić information content (AvgIpc) is 2.75. The smallest absolute Gasteiger partial charge is 0.0351 e. The Labute approximate surface area is 193 Å². The topological polar surface area (TPSA) is 0 Å². The van der Waals surface area contributed by atoms with Crippen molar-refractivity contribution in [1.29, 1.82) is 0 Å². The van der Waals surface area contributed by atoms with Crippen molar-refractivity contribution in [2.75, 3.05) is 0 Å². The van der Waals surface area contributed by atoms with Gasteiger partial charge in [0.25, 0.3) is 0 Å². The first-order valence-corrected chi connectivity index (χ1v) is 14.5. The van der Waals surface area contributed by atoms with E-state index in [-0.39, 0.29) is 0 Å². The highest BCUT2D eigenvalue weighted by molar-refractivity contribution is 4.81. The van der Waals surface area contributed by atoms with Crippen molar-refractivity contribution in [2.24, 2.45) is 5.92 Å². The minimum Gasteiger partial charge on any atom is -0.0885 e. The zero-order valence-corrected chi connectivity index (χ0v) is 21.7. The second-order valence-electron chi connectivity index (χ2n) is 10.1. The van der Waals surface area contributed by atoms with E-state index in [0.29, 0.717) is 0 Å². The van der Waals surface area contributed by atoms with E-state index in [1.807, 2.05) is 0 Å². The molecule has 0 heterocycles. The van der Waals surface area contributed by atoms with Crippen molar-refractivity contribution in [3.63, 3.8) is 0 Å². The molecule has 0 radical (unpaired) electrons. The van der Waals surface area contributed by atoms with Crippen molar-refractivity contribution in [2.45, 2.75) is 175 Å². The predicted octanol–water partition coefficient (Wildman–Crippen LogP) is 11.6. The van der Waals surface area contributed by atoms with E-state index in [0.717, 1.165) is 5.92 Å². The van der Waals surface area contributed by atoms with E-state index >= 15 is 0 Å². The summed E-state index contributed by atoms with van der Waals surface area (Å²) < 4.78 is 0. The fourth-order valence-electron chi connectivity index (χ4n) is 4.51. The van der Waals surface area contributed by atoms with Gasteiger partial charge in [0.2, 0.25) is 0 Å². The van der Waals surface area contributed by atoms with Crippen LogP contribution in [-0.2, 0) is 0 Å². The molecular formula is C30H60. The molecule has 0 aromatic carbocycles. The Morgan fingerprint density at radius 2 is 0.700 bits per heavy atom. The Balaban J connectivity index is 3.17. The molecule has 1 unspecified atom stereocenters. The van der Waals surface area contributed by atoms with E-state index in [2.05, 4.69) is 32.9 Å². The third-order valence-electron chi connectivity index (χ3n) is 6.76. The van der Waals surface area contributed by atoms with E-state index in [4.69, 9.17) is 0 Å². The van der Waals surface area contributed by atoms with Gasteiger partial charge in [-0.3, -0.25) is 0 Å². The molecule has 0 aliphatic rings. The van der Waals surface area contributed by atoms with Crippen LogP contribution in [-0.4, -0.2) is 0 Å². The van der Waals surface area contributed by atoms with Crippen LogP contribution in [0.15, 0.2) is 12.2 Å². The van der Waals surface area contributed by atoms with Crippen LogP contribution in [0.5, 0.6) is 0 Å². The SMILES string of the molecule is CCCCCCCCCCC/C=C/CCCCCCCC(C)CCCCCCCC. The minimum absolute atomic E-state index is 0.958. The van der Waals surface area contributed by atoms with Crippen molar-refractivity contribution < 1.29 is 0 Å². The van der Waals surface area contributed by atoms with Gasteiger partial charge in [-0.1, -0.05) is 161 Å². The summed E-state index contributed by atoms with van der Waals surface area (Å²) >= 11 is 0. The minimum atomic E-state index is 0.958. The zero-order chi connectivity index (χ0) is 22.0. The van der Waals surface area contributed by atoms with Gasteiger partial charge in [0.05, 0.1) is 0 Å². The van der Waals surface area contributed by atoms with Gasteiger partial charge in [0, 0.05) is 0 Å². The lowest BCUT2D eigenvalue weighted by Crippen LogP contribution is -1.95. The van der Waals surface area contributed by atoms with E-state index in [1.165, 1.54) is 154 Å². The lowest BCUT2D eigenvalue weighted by atomic mass is 9.96. The molecule has 180 valence electrons. The second kappa shape index (κ2) is 26.8. The first kappa shape index (κ1) is 29.7. The molecule has 0 aliphatic carbocycles. The third kappa shape index (κ3) is 25.8. The van der Waals surface area contributed by atoms with Crippen LogP contribution in [0.25, 0.3) is 0 Å². The van der Waals surface area contributed by atoms with E-state index < -0.39 is 0 Å². The Morgan fingerprint density at radius 1 is 0.400 bits per heavy atom. The normalized spacial score (nSPS) is 12.8. The molecule has 0 aliphatic heterocycles. The van der Waals surface area contributed by atoms with Gasteiger partial charge >= 0.3 is 0 Å². The maximum Gasteiger partial charge on any atom is -0.0351 e. The Morgan fingerprint density at radius 3 is 1.07 bits per heavy atom. The van der Waals surface area contributed by atoms with Crippen molar-refractivity contribution in [1.82, 2.24) is 0 Å². The fraction of sp³-hybridized carbons (Fsp3) is 0.933. The van der Waals surface area contributed by atoms with Gasteiger partial charge < -0.3 is 0 Å². The van der Waals surface area contributed by atoms with Crippen molar-refractivity contribution in [3.05, 3.63) is 12.2 Å². The maximum absolute atomic E-state index is 2.48. The summed E-state index contributed by atoms with van der Waals surface area (Å²) in [5, 5.41) is 0. The first-order chi connectivity index (χ1) is 14.8. The van der Waals surface area contributed by atoms with Crippen LogP contribution in [0, 0.1) is 5.92 Å². The second-order valence-corrected chi connectivity index (χ2v) is 10.1. The van der Waals surface area contributed by atoms with Crippen molar-refractivity contribution >= 4 is 0 Å². The largest absolute Gasteiger partial charge is 0.0885 e. The summed E-state index contributed by atoms with van der Waals surface area (Å²) in [6.07, 6.45) is 39.3. The monoisotopic (exact) mass is 420 g/mol. The molecule has 0 bridgehead atoms. The highest BCUT2D eigenvalue weighted by atomic mass is 14.1. The van der Waals surface area contributed by atoms with Gasteiger partial charge in [-0.2, -0.15) is 0 Å². The van der Waals surface area contributed by atoms with Crippen LogP contribution in [0.1, 0.15) is 175 Å². The highest BCUT2D eigenvalue weighted by Crippen LogP contribution is 2.18. The van der Waals surface area contributed by atoms with Gasteiger partial charge in [0.1, 0.15) is 0 Å². The Bertz CT molecular complexity index is 316. The van der Waals surface area contributed by atoms with Crippen molar-refractivity contribution in [3.8, 4) is 0 Å². The molecule has 0 fully saturated rings. The summed E-state index contributed by atoms with van der Waals surface area (Å²) in [5.41, 5.74) is 0. The standard InChI is InChI=1S/C30H60/c1-4-6-8-10-12-13-14-15-16-17-18-19-20-21-22-23-25-27-29-30(3)28-26-24-11-9-7-5-2/h18-19,30H,4-17,20-29H2,1-3H3/b19-18+. The Hall–Kier alpha value is -0.260. The molecule has 0 aromatic rings. The third-order valence-corrected chi connectivity index (χ3v) is 6.76. The average molecular weight is 421 g/mol. The summed E-state index contributed by atoms with van der Waals surface area (Å²) in [6.45, 7) is 7.08. The van der Waals surface area contributed by atoms with E-state index in [9.17, 15) is 0 Å². The lowest BCUT2D eigenvalue weighted by molar-refractivity contribution is 0.432. The van der Waals surface area contributed by atoms with Crippen LogP contribution >= 0.6 is 0 Å². The summed E-state index contributed by atoms with van der Waals surface area (Å²) in [4.78, 5) is 0. The quantitative estimate of drug-likeness (QED) is 0.102. The zero-order valence-electron chi connectivity index (χ0n) is 21.7. The molecule has 30 heavy (non-hydrogen) atoms. The van der Waals surface area contributed by atoms with E-state index in [1.54, 1.807) is 0 Å². The first-order valence-electron chi connectivity index (χ1n) is 14.5. The Kier molecular flexibility index (Phi) is 26.5. The molecule has 0 nitrogen and oxygen atoms in total. The molecule has 0 aromatic heterocycles. The van der Waals surface area contributed by atoms with Gasteiger partial charge in [-0.05, 0) is 31.6 Å². The molecule has 0 saturated heterocycles. The highest BCUT2D eigenvalue weighted by Gasteiger charge is 2.02. The molecule has 0 N–H and O–H groups in total. The summed E-state index contributed by atoms with van der Waals surface area (Å²) in [5.74, 6) is 0.958. The predicted molar refractivity (Wildman–Crippen MR) is 140 cm³/mol. The molecular weight excluding hydrogens is 360 g/mol. The molecule has 0 amide bonds. The summed E-state index contributed by atoms with van der Waals surface area (Å²) in [6, 6.07) is 0. The van der Waals surface area contributed by atoms with Crippen LogP contribution in [0.2, 0.25) is 0 Å². The molecule has 0 spiro atoms. The van der Waals surface area contributed by atoms with Crippen LogP contribution in [0.3, 0.4) is 0 Å². The number of hydrogen-bond acceptors (Lipinski definition) is 0. The van der Waals surface area contributed by atoms with Gasteiger partial charge in [-0.15, -0.1) is 0 Å². The fourth-order valence-corrected chi connectivity index (χ4v) is 4.51. The molecule has 0 rings (SSSR count). The van der Waals surface area contributed by atoms with Crippen LogP contribution in [0.4, 0.5) is 0 Å². The number of allylic oxidation sites excluding steroid dienone is 2. The summed E-state index contributed by atoms with van der Waals surface area (Å²) in [7, 11) is 0. The number of hydrogen-bond donors (Lipinski definition) is 0. The lowest BCUT2D eigenvalue weighted by Gasteiger charge is -2.11.